The number of carboxylic acids is 1. The van der Waals surface area contributed by atoms with E-state index in [9.17, 15) is 19.8 Å². The number of anilines is 1. The number of nitrogens with one attached hydrogen (secondary N) is 1. The molecular weight excluding hydrogens is 442 g/mol. The Morgan fingerprint density at radius 1 is 1.06 bits per heavy atom. The van der Waals surface area contributed by atoms with Crippen LogP contribution >= 0.6 is 0 Å². The van der Waals surface area contributed by atoms with Gasteiger partial charge in [-0.2, -0.15) is 0 Å². The zero-order valence-corrected chi connectivity index (χ0v) is 18.8. The summed E-state index contributed by atoms with van der Waals surface area (Å²) >= 11 is 0. The summed E-state index contributed by atoms with van der Waals surface area (Å²) in [7, 11) is 4.59. The SMILES string of the molecule is COc1cc(Cn2c3cncc(O)c3c3c(NC=O)c(CC(=O)O)ccc32)cc(OC)c1OC. The molecule has 2 aromatic heterocycles. The van der Waals surface area contributed by atoms with Gasteiger partial charge in [-0.15, -0.1) is 0 Å². The number of carboxylic acid groups (broad SMARTS) is 1. The summed E-state index contributed by atoms with van der Waals surface area (Å²) in [5.74, 6) is 0.315. The minimum atomic E-state index is -1.04. The highest BCUT2D eigenvalue weighted by atomic mass is 16.5. The number of ether oxygens (including phenoxy) is 3. The molecule has 0 radical (unpaired) electrons. The van der Waals surface area contributed by atoms with E-state index in [4.69, 9.17) is 14.2 Å². The third-order valence-corrected chi connectivity index (χ3v) is 5.62. The standard InChI is InChI=1S/C24H23N3O7/c1-32-18-6-13(7-19(33-2)24(18)34-3)11-27-15-5-4-14(8-20(30)31)23(26-12-28)22(15)21-16(27)9-25-10-17(21)29/h4-7,9-10,12,29H,8,11H2,1-3H3,(H,26,28)(H,30,31). The molecule has 0 atom stereocenters. The fourth-order valence-electron chi connectivity index (χ4n) is 4.26. The quantitative estimate of drug-likeness (QED) is 0.321. The Labute approximate surface area is 194 Å². The monoisotopic (exact) mass is 465 g/mol. The van der Waals surface area contributed by atoms with Crippen LogP contribution in [0.2, 0.25) is 0 Å². The minimum absolute atomic E-state index is 0.0902. The fourth-order valence-corrected chi connectivity index (χ4v) is 4.26. The van der Waals surface area contributed by atoms with Crippen LogP contribution in [0.1, 0.15) is 11.1 Å². The summed E-state index contributed by atoms with van der Waals surface area (Å²) in [6.07, 6.45) is 3.10. The third-order valence-electron chi connectivity index (χ3n) is 5.62. The fraction of sp³-hybridized carbons (Fsp3) is 0.208. The summed E-state index contributed by atoms with van der Waals surface area (Å²) in [4.78, 5) is 26.9. The van der Waals surface area contributed by atoms with E-state index in [2.05, 4.69) is 10.3 Å². The molecule has 0 bridgehead atoms. The number of rotatable bonds is 9. The van der Waals surface area contributed by atoms with Crippen molar-refractivity contribution in [2.24, 2.45) is 0 Å². The Morgan fingerprint density at radius 3 is 2.35 bits per heavy atom. The van der Waals surface area contributed by atoms with E-state index in [1.807, 2.05) is 16.7 Å². The molecule has 0 unspecified atom stereocenters. The molecule has 4 rings (SSSR count). The average Bonchev–Trinajstić information content (AvgIpc) is 3.14. The van der Waals surface area contributed by atoms with Crippen LogP contribution in [0, 0.1) is 0 Å². The van der Waals surface area contributed by atoms with E-state index in [0.717, 1.165) is 5.56 Å². The van der Waals surface area contributed by atoms with Crippen LogP contribution in [-0.4, -0.2) is 53.5 Å². The van der Waals surface area contributed by atoms with Gasteiger partial charge in [0.25, 0.3) is 0 Å². The zero-order valence-electron chi connectivity index (χ0n) is 18.8. The maximum Gasteiger partial charge on any atom is 0.307 e. The van der Waals surface area contributed by atoms with Crippen LogP contribution in [-0.2, 0) is 22.6 Å². The lowest BCUT2D eigenvalue weighted by molar-refractivity contribution is -0.136. The van der Waals surface area contributed by atoms with Gasteiger partial charge in [0.2, 0.25) is 12.2 Å². The van der Waals surface area contributed by atoms with Gasteiger partial charge in [-0.25, -0.2) is 0 Å². The summed E-state index contributed by atoms with van der Waals surface area (Å²) in [6, 6.07) is 7.05. The lowest BCUT2D eigenvalue weighted by atomic mass is 10.0. The first-order chi connectivity index (χ1) is 16.4. The normalized spacial score (nSPS) is 10.9. The molecule has 0 aliphatic carbocycles. The van der Waals surface area contributed by atoms with Crippen molar-refractivity contribution in [3.05, 3.63) is 47.8 Å². The van der Waals surface area contributed by atoms with Crippen molar-refractivity contribution in [2.75, 3.05) is 26.6 Å². The van der Waals surface area contributed by atoms with Crippen molar-refractivity contribution in [2.45, 2.75) is 13.0 Å². The van der Waals surface area contributed by atoms with E-state index in [1.54, 1.807) is 18.3 Å². The second-order valence-electron chi connectivity index (χ2n) is 7.50. The number of aliphatic carboxylic acids is 1. The maximum absolute atomic E-state index is 11.4. The Balaban J connectivity index is 2.00. The summed E-state index contributed by atoms with van der Waals surface area (Å²) in [6.45, 7) is 0.334. The van der Waals surface area contributed by atoms with E-state index in [0.29, 0.717) is 63.3 Å². The molecule has 3 N–H and O–H groups in total. The third kappa shape index (κ3) is 3.79. The van der Waals surface area contributed by atoms with Gasteiger partial charge >= 0.3 is 5.97 Å². The molecule has 176 valence electrons. The molecule has 34 heavy (non-hydrogen) atoms. The average molecular weight is 465 g/mol. The second kappa shape index (κ2) is 9.18. The highest BCUT2D eigenvalue weighted by Gasteiger charge is 2.21. The summed E-state index contributed by atoms with van der Waals surface area (Å²) in [5.41, 5.74) is 2.83. The lowest BCUT2D eigenvalue weighted by Gasteiger charge is -2.15. The van der Waals surface area contributed by atoms with Gasteiger partial charge in [-0.05, 0) is 29.3 Å². The molecule has 10 nitrogen and oxygen atoms in total. The Morgan fingerprint density at radius 2 is 1.76 bits per heavy atom. The topological polar surface area (TPSA) is 132 Å². The predicted octanol–water partition coefficient (Wildman–Crippen LogP) is 3.16. The number of fused-ring (bicyclic) bond motifs is 3. The Kier molecular flexibility index (Phi) is 6.13. The van der Waals surface area contributed by atoms with Crippen molar-refractivity contribution in [3.63, 3.8) is 0 Å². The largest absolute Gasteiger partial charge is 0.506 e. The van der Waals surface area contributed by atoms with Gasteiger partial charge in [0, 0.05) is 11.9 Å². The number of aromatic hydroxyl groups is 1. The number of nitrogens with zero attached hydrogens (tertiary/aromatic N) is 2. The van der Waals surface area contributed by atoms with Gasteiger partial charge in [0.1, 0.15) is 5.75 Å². The number of benzene rings is 2. The van der Waals surface area contributed by atoms with Crippen LogP contribution < -0.4 is 19.5 Å². The number of pyridine rings is 1. The van der Waals surface area contributed by atoms with Gasteiger partial charge in [-0.3, -0.25) is 14.6 Å². The molecule has 0 aliphatic rings. The van der Waals surface area contributed by atoms with Crippen LogP contribution in [0.15, 0.2) is 36.7 Å². The lowest BCUT2D eigenvalue weighted by Crippen LogP contribution is -2.06. The molecule has 0 spiro atoms. The van der Waals surface area contributed by atoms with E-state index < -0.39 is 5.97 Å². The second-order valence-corrected chi connectivity index (χ2v) is 7.50. The van der Waals surface area contributed by atoms with Crippen molar-refractivity contribution >= 4 is 39.9 Å². The summed E-state index contributed by atoms with van der Waals surface area (Å²) < 4.78 is 18.2. The van der Waals surface area contributed by atoms with Crippen LogP contribution in [0.25, 0.3) is 21.8 Å². The number of methoxy groups -OCH3 is 3. The predicted molar refractivity (Wildman–Crippen MR) is 125 cm³/mol. The van der Waals surface area contributed by atoms with Crippen molar-refractivity contribution in [1.29, 1.82) is 0 Å². The smallest absolute Gasteiger partial charge is 0.307 e. The van der Waals surface area contributed by atoms with E-state index in [1.165, 1.54) is 27.5 Å². The first-order valence-corrected chi connectivity index (χ1v) is 10.2. The number of aromatic nitrogens is 2. The molecule has 10 heteroatoms. The molecule has 0 saturated heterocycles. The number of hydrogen-bond acceptors (Lipinski definition) is 7. The van der Waals surface area contributed by atoms with Gasteiger partial charge in [0.15, 0.2) is 11.5 Å². The molecule has 4 aromatic rings. The highest BCUT2D eigenvalue weighted by molar-refractivity contribution is 6.18. The molecule has 0 fully saturated rings. The first kappa shape index (κ1) is 22.7. The Bertz CT molecular complexity index is 1390. The molecule has 2 aromatic carbocycles. The highest BCUT2D eigenvalue weighted by Crippen LogP contribution is 2.42. The summed E-state index contributed by atoms with van der Waals surface area (Å²) in [5, 5.41) is 23.6. The van der Waals surface area contributed by atoms with Gasteiger partial charge < -0.3 is 34.3 Å². The van der Waals surface area contributed by atoms with Crippen molar-refractivity contribution < 1.29 is 34.0 Å². The number of hydrogen-bond donors (Lipinski definition) is 3. The van der Waals surface area contributed by atoms with E-state index in [-0.39, 0.29) is 12.2 Å². The zero-order chi connectivity index (χ0) is 24.4. The number of carbonyl (C=O) groups excluding carboxylic acids is 1. The molecule has 0 aliphatic heterocycles. The number of amides is 1. The van der Waals surface area contributed by atoms with E-state index >= 15 is 0 Å². The van der Waals surface area contributed by atoms with Gasteiger partial charge in [0.05, 0.1) is 62.3 Å². The van der Waals surface area contributed by atoms with Crippen LogP contribution in [0.4, 0.5) is 5.69 Å². The molecule has 2 heterocycles. The Hall–Kier alpha value is -4.47. The molecule has 0 saturated carbocycles. The van der Waals surface area contributed by atoms with Gasteiger partial charge in [-0.1, -0.05) is 6.07 Å². The van der Waals surface area contributed by atoms with Crippen molar-refractivity contribution in [1.82, 2.24) is 9.55 Å². The van der Waals surface area contributed by atoms with Crippen molar-refractivity contribution in [3.8, 4) is 23.0 Å². The van der Waals surface area contributed by atoms with Crippen LogP contribution in [0.5, 0.6) is 23.0 Å². The molecular formula is C24H23N3O7. The first-order valence-electron chi connectivity index (χ1n) is 10.2. The molecule has 1 amide bonds. The number of carbonyl (C=O) groups is 2. The van der Waals surface area contributed by atoms with Crippen LogP contribution in [0.3, 0.4) is 0 Å². The maximum atomic E-state index is 11.4. The minimum Gasteiger partial charge on any atom is -0.506 e.